The van der Waals surface area contributed by atoms with Gasteiger partial charge in [-0.1, -0.05) is 18.2 Å². The van der Waals surface area contributed by atoms with Crippen molar-refractivity contribution >= 4 is 21.7 Å². The van der Waals surface area contributed by atoms with Crippen molar-refractivity contribution in [2.24, 2.45) is 0 Å². The maximum absolute atomic E-state index is 13.5. The number of furan rings is 1. The Hall–Kier alpha value is -2.75. The van der Waals surface area contributed by atoms with Crippen LogP contribution in [0.3, 0.4) is 0 Å². The number of nitrogens with zero attached hydrogens (tertiary/aromatic N) is 1. The number of aryl methyl sites for hydroxylation is 1. The third-order valence-electron chi connectivity index (χ3n) is 5.93. The number of halogens is 2. The predicted octanol–water partition coefficient (Wildman–Crippen LogP) is 7.25. The molecule has 1 aliphatic rings. The van der Waals surface area contributed by atoms with Crippen molar-refractivity contribution in [3.05, 3.63) is 66.1 Å². The summed E-state index contributed by atoms with van der Waals surface area (Å²) in [5.41, 5.74) is 5.01. The first-order valence-electron chi connectivity index (χ1n) is 9.75. The van der Waals surface area contributed by atoms with Crippen molar-refractivity contribution in [1.29, 1.82) is 0 Å². The zero-order valence-corrected chi connectivity index (χ0v) is 15.7. The Bertz CT molecular complexity index is 1170. The molecule has 4 heteroatoms. The minimum Gasteiger partial charge on any atom is -0.464 e. The summed E-state index contributed by atoms with van der Waals surface area (Å²) in [6.07, 6.45) is 4.57. The van der Waals surface area contributed by atoms with E-state index in [0.29, 0.717) is 12.8 Å². The summed E-state index contributed by atoms with van der Waals surface area (Å²) in [7, 11) is 0. The van der Waals surface area contributed by atoms with E-state index in [1.165, 1.54) is 0 Å². The van der Waals surface area contributed by atoms with E-state index in [4.69, 9.17) is 4.42 Å². The van der Waals surface area contributed by atoms with Crippen molar-refractivity contribution in [2.45, 2.75) is 44.4 Å². The Morgan fingerprint density at radius 3 is 2.64 bits per heavy atom. The minimum atomic E-state index is -2.50. The molecular formula is C24H21F2NO. The van der Waals surface area contributed by atoms with Gasteiger partial charge >= 0.3 is 0 Å². The molecule has 1 aliphatic carbocycles. The summed E-state index contributed by atoms with van der Waals surface area (Å²) in [5.74, 6) is -2.29. The molecule has 0 amide bonds. The summed E-state index contributed by atoms with van der Waals surface area (Å²) >= 11 is 0. The Morgan fingerprint density at radius 1 is 1.00 bits per heavy atom. The van der Waals surface area contributed by atoms with Crippen LogP contribution >= 0.6 is 0 Å². The number of pyridine rings is 1. The third kappa shape index (κ3) is 2.97. The molecule has 5 rings (SSSR count). The molecule has 4 aromatic rings. The van der Waals surface area contributed by atoms with Gasteiger partial charge in [0.25, 0.3) is 0 Å². The first kappa shape index (κ1) is 17.4. The molecule has 0 bridgehead atoms. The van der Waals surface area contributed by atoms with E-state index >= 15 is 0 Å². The fraction of sp³-hybridized carbons (Fsp3) is 0.292. The molecule has 0 spiro atoms. The highest BCUT2D eigenvalue weighted by atomic mass is 19.3. The van der Waals surface area contributed by atoms with Crippen LogP contribution in [0.4, 0.5) is 8.78 Å². The van der Waals surface area contributed by atoms with Crippen molar-refractivity contribution in [3.8, 4) is 11.3 Å². The average Bonchev–Trinajstić information content (AvgIpc) is 3.15. The van der Waals surface area contributed by atoms with Gasteiger partial charge in [0.2, 0.25) is 5.92 Å². The minimum absolute atomic E-state index is 0.0168. The summed E-state index contributed by atoms with van der Waals surface area (Å²) in [5, 5.41) is 3.20. The monoisotopic (exact) mass is 377 g/mol. The Kier molecular flexibility index (Phi) is 3.97. The second-order valence-electron chi connectivity index (χ2n) is 7.92. The van der Waals surface area contributed by atoms with Crippen molar-refractivity contribution in [2.75, 3.05) is 0 Å². The molecule has 2 aromatic carbocycles. The molecule has 1 fully saturated rings. The van der Waals surface area contributed by atoms with Crippen molar-refractivity contribution in [3.63, 3.8) is 0 Å². The third-order valence-corrected chi connectivity index (χ3v) is 5.93. The number of hydrogen-bond donors (Lipinski definition) is 0. The van der Waals surface area contributed by atoms with Gasteiger partial charge in [0.1, 0.15) is 5.58 Å². The molecular weight excluding hydrogens is 356 g/mol. The lowest BCUT2D eigenvalue weighted by molar-refractivity contribution is -0.0382. The molecule has 1 saturated carbocycles. The van der Waals surface area contributed by atoms with Crippen LogP contribution in [0.1, 0.15) is 42.7 Å². The fourth-order valence-electron chi connectivity index (χ4n) is 4.45. The van der Waals surface area contributed by atoms with Crippen LogP contribution in [0.5, 0.6) is 0 Å². The van der Waals surface area contributed by atoms with Crippen LogP contribution in [-0.4, -0.2) is 10.9 Å². The average molecular weight is 377 g/mol. The van der Waals surface area contributed by atoms with Gasteiger partial charge in [0, 0.05) is 35.4 Å². The molecule has 2 heterocycles. The van der Waals surface area contributed by atoms with Gasteiger partial charge in [-0.05, 0) is 66.5 Å². The van der Waals surface area contributed by atoms with E-state index in [2.05, 4.69) is 42.2 Å². The molecule has 0 atom stereocenters. The van der Waals surface area contributed by atoms with Crippen molar-refractivity contribution < 1.29 is 13.2 Å². The number of aromatic nitrogens is 1. The van der Waals surface area contributed by atoms with Gasteiger partial charge in [0.15, 0.2) is 0 Å². The molecule has 0 aliphatic heterocycles. The molecule has 2 aromatic heterocycles. The Labute approximate surface area is 162 Å². The quantitative estimate of drug-likeness (QED) is 0.368. The molecule has 28 heavy (non-hydrogen) atoms. The summed E-state index contributed by atoms with van der Waals surface area (Å²) in [6, 6.07) is 14.5. The molecule has 142 valence electrons. The maximum Gasteiger partial charge on any atom is 0.248 e. The van der Waals surface area contributed by atoms with Crippen LogP contribution in [0.2, 0.25) is 0 Å². The lowest BCUT2D eigenvalue weighted by atomic mass is 9.81. The number of fused-ring (bicyclic) bond motifs is 2. The smallest absolute Gasteiger partial charge is 0.248 e. The molecule has 2 nitrogen and oxygen atoms in total. The zero-order valence-electron chi connectivity index (χ0n) is 15.7. The van der Waals surface area contributed by atoms with E-state index in [9.17, 15) is 8.78 Å². The highest BCUT2D eigenvalue weighted by molar-refractivity contribution is 6.02. The van der Waals surface area contributed by atoms with Gasteiger partial charge in [-0.25, -0.2) is 8.78 Å². The second kappa shape index (κ2) is 6.40. The van der Waals surface area contributed by atoms with Crippen LogP contribution < -0.4 is 0 Å². The highest BCUT2D eigenvalue weighted by Gasteiger charge is 2.35. The fourth-order valence-corrected chi connectivity index (χ4v) is 4.45. The van der Waals surface area contributed by atoms with Crippen LogP contribution in [0, 0.1) is 6.92 Å². The zero-order chi connectivity index (χ0) is 19.3. The molecule has 0 unspecified atom stereocenters. The van der Waals surface area contributed by atoms with E-state index < -0.39 is 5.92 Å². The SMILES string of the molecule is Cc1cc(-c2nccc3cc(C4CCC(F)(F)CC4)ccc23)c2occc2c1. The van der Waals surface area contributed by atoms with Gasteiger partial charge in [-0.2, -0.15) is 0 Å². The van der Waals surface area contributed by atoms with E-state index in [1.54, 1.807) is 6.26 Å². The Balaban J connectivity index is 1.59. The first-order chi connectivity index (χ1) is 13.5. The van der Waals surface area contributed by atoms with Gasteiger partial charge in [0.05, 0.1) is 12.0 Å². The lowest BCUT2D eigenvalue weighted by Crippen LogP contribution is -2.23. The van der Waals surface area contributed by atoms with E-state index in [1.807, 2.05) is 18.3 Å². The topological polar surface area (TPSA) is 26.0 Å². The summed E-state index contributed by atoms with van der Waals surface area (Å²) < 4.78 is 32.7. The van der Waals surface area contributed by atoms with Gasteiger partial charge < -0.3 is 4.42 Å². The number of benzene rings is 2. The van der Waals surface area contributed by atoms with Crippen LogP contribution in [0.25, 0.3) is 33.0 Å². The van der Waals surface area contributed by atoms with Crippen LogP contribution in [-0.2, 0) is 0 Å². The molecule has 0 saturated heterocycles. The standard InChI is InChI=1S/C24H21F2NO/c1-15-12-19-7-11-28-23(19)21(13-15)22-20-3-2-17(14-18(20)6-10-27-22)16-4-8-24(25,26)9-5-16/h2-3,6-7,10-14,16H,4-5,8-9H2,1H3. The molecule has 0 radical (unpaired) electrons. The Morgan fingerprint density at radius 2 is 1.82 bits per heavy atom. The van der Waals surface area contributed by atoms with Gasteiger partial charge in [-0.3, -0.25) is 4.98 Å². The number of alkyl halides is 2. The first-order valence-corrected chi connectivity index (χ1v) is 9.75. The van der Waals surface area contributed by atoms with E-state index in [-0.39, 0.29) is 18.8 Å². The number of rotatable bonds is 2. The number of hydrogen-bond acceptors (Lipinski definition) is 2. The molecule has 0 N–H and O–H groups in total. The maximum atomic E-state index is 13.5. The van der Waals surface area contributed by atoms with Crippen LogP contribution in [0.15, 0.2) is 59.3 Å². The van der Waals surface area contributed by atoms with Gasteiger partial charge in [-0.15, -0.1) is 0 Å². The lowest BCUT2D eigenvalue weighted by Gasteiger charge is -2.28. The van der Waals surface area contributed by atoms with E-state index in [0.717, 1.165) is 44.1 Å². The summed E-state index contributed by atoms with van der Waals surface area (Å²) in [4.78, 5) is 4.65. The highest BCUT2D eigenvalue weighted by Crippen LogP contribution is 2.42. The second-order valence-corrected chi connectivity index (χ2v) is 7.92. The predicted molar refractivity (Wildman–Crippen MR) is 108 cm³/mol. The largest absolute Gasteiger partial charge is 0.464 e. The van der Waals surface area contributed by atoms with Crippen molar-refractivity contribution in [1.82, 2.24) is 4.98 Å². The normalized spacial score (nSPS) is 17.4. The summed E-state index contributed by atoms with van der Waals surface area (Å²) in [6.45, 7) is 2.07.